The van der Waals surface area contributed by atoms with Gasteiger partial charge in [0.1, 0.15) is 11.2 Å². The molecule has 0 aliphatic rings. The lowest BCUT2D eigenvalue weighted by Gasteiger charge is -2.00. The topological polar surface area (TPSA) is 38.9 Å². The van der Waals surface area contributed by atoms with Gasteiger partial charge in [-0.1, -0.05) is 28.9 Å². The third-order valence-electron chi connectivity index (χ3n) is 2.20. The maximum atomic E-state index is 13.6. The van der Waals surface area contributed by atoms with Crippen LogP contribution in [0.1, 0.15) is 29.6 Å². The number of rotatable bonds is 3. The second kappa shape index (κ2) is 5.02. The lowest BCUT2D eigenvalue weighted by molar-refractivity contribution is 0.374. The van der Waals surface area contributed by atoms with Crippen molar-refractivity contribution in [1.29, 1.82) is 0 Å². The van der Waals surface area contributed by atoms with Crippen LogP contribution in [0.4, 0.5) is 4.39 Å². The van der Waals surface area contributed by atoms with Crippen molar-refractivity contribution in [3.05, 3.63) is 46.3 Å². The van der Waals surface area contributed by atoms with Crippen LogP contribution in [0.2, 0.25) is 5.02 Å². The van der Waals surface area contributed by atoms with Crippen LogP contribution < -0.4 is 0 Å². The van der Waals surface area contributed by atoms with E-state index in [4.69, 9.17) is 27.7 Å². The molecule has 2 aromatic rings. The summed E-state index contributed by atoms with van der Waals surface area (Å²) in [7, 11) is 0. The van der Waals surface area contributed by atoms with E-state index in [-0.39, 0.29) is 16.8 Å². The summed E-state index contributed by atoms with van der Waals surface area (Å²) < 4.78 is 18.5. The first-order valence-corrected chi connectivity index (χ1v) is 5.79. The molecular formula is C11H9Cl2FN2O. The summed E-state index contributed by atoms with van der Waals surface area (Å²) in [5.74, 6) is 0.247. The van der Waals surface area contributed by atoms with Gasteiger partial charge < -0.3 is 4.52 Å². The van der Waals surface area contributed by atoms with Gasteiger partial charge in [0.05, 0.1) is 5.02 Å². The zero-order chi connectivity index (χ0) is 12.4. The second-order valence-electron chi connectivity index (χ2n) is 3.55. The molecule has 0 N–H and O–H groups in total. The zero-order valence-corrected chi connectivity index (χ0v) is 10.5. The van der Waals surface area contributed by atoms with Crippen LogP contribution in [0, 0.1) is 5.82 Å². The van der Waals surface area contributed by atoms with Crippen LogP contribution in [0.25, 0.3) is 0 Å². The first kappa shape index (κ1) is 12.3. The molecule has 0 spiro atoms. The van der Waals surface area contributed by atoms with Gasteiger partial charge >= 0.3 is 0 Å². The molecule has 1 heterocycles. The lowest BCUT2D eigenvalue weighted by atomic mass is 10.1. The fourth-order valence-corrected chi connectivity index (χ4v) is 1.64. The molecule has 2 rings (SSSR count). The molecule has 1 aromatic carbocycles. The first-order valence-electron chi connectivity index (χ1n) is 4.97. The van der Waals surface area contributed by atoms with Gasteiger partial charge in [0.25, 0.3) is 0 Å². The van der Waals surface area contributed by atoms with E-state index < -0.39 is 5.82 Å². The molecule has 3 nitrogen and oxygen atoms in total. The Morgan fingerprint density at radius 3 is 2.88 bits per heavy atom. The van der Waals surface area contributed by atoms with Crippen molar-refractivity contribution in [2.75, 3.05) is 0 Å². The Hall–Kier alpha value is -1.13. The summed E-state index contributed by atoms with van der Waals surface area (Å²) in [5.41, 5.74) is 0.423. The number of hydrogen-bond acceptors (Lipinski definition) is 3. The van der Waals surface area contributed by atoms with Crippen LogP contribution in [0.3, 0.4) is 0 Å². The van der Waals surface area contributed by atoms with Crippen molar-refractivity contribution in [2.24, 2.45) is 0 Å². The number of nitrogens with zero attached hydrogens (tertiary/aromatic N) is 2. The standard InChI is InChI=1S/C11H9Cl2FN2O/c1-6(12)11-15-9(16-17-11)5-7-3-2-4-8(13)10(7)14/h2-4,6H,5H2,1H3. The highest BCUT2D eigenvalue weighted by Gasteiger charge is 2.14. The smallest absolute Gasteiger partial charge is 0.244 e. The highest BCUT2D eigenvalue weighted by molar-refractivity contribution is 6.30. The molecule has 0 fully saturated rings. The van der Waals surface area contributed by atoms with Crippen molar-refractivity contribution >= 4 is 23.2 Å². The molecule has 17 heavy (non-hydrogen) atoms. The van der Waals surface area contributed by atoms with E-state index in [9.17, 15) is 4.39 Å². The van der Waals surface area contributed by atoms with Gasteiger partial charge in [-0.15, -0.1) is 11.6 Å². The summed E-state index contributed by atoms with van der Waals surface area (Å²) in [6.07, 6.45) is 0.222. The molecule has 90 valence electrons. The molecule has 6 heteroatoms. The van der Waals surface area contributed by atoms with Gasteiger partial charge in [0, 0.05) is 6.42 Å². The van der Waals surface area contributed by atoms with Gasteiger partial charge in [0.15, 0.2) is 5.82 Å². The third kappa shape index (κ3) is 2.76. The molecule has 0 saturated carbocycles. The van der Waals surface area contributed by atoms with Crippen LogP contribution in [0.5, 0.6) is 0 Å². The minimum absolute atomic E-state index is 0.0805. The second-order valence-corrected chi connectivity index (χ2v) is 4.62. The molecule has 0 aliphatic carbocycles. The van der Waals surface area contributed by atoms with Crippen molar-refractivity contribution in [1.82, 2.24) is 10.1 Å². The molecule has 0 radical (unpaired) electrons. The normalized spacial score (nSPS) is 12.7. The summed E-state index contributed by atoms with van der Waals surface area (Å²) in [4.78, 5) is 4.06. The Morgan fingerprint density at radius 1 is 1.47 bits per heavy atom. The van der Waals surface area contributed by atoms with E-state index in [1.807, 2.05) is 0 Å². The van der Waals surface area contributed by atoms with E-state index in [0.29, 0.717) is 17.3 Å². The van der Waals surface area contributed by atoms with E-state index in [1.165, 1.54) is 6.07 Å². The van der Waals surface area contributed by atoms with E-state index in [0.717, 1.165) is 0 Å². The number of hydrogen-bond donors (Lipinski definition) is 0. The SMILES string of the molecule is CC(Cl)c1nc(Cc2cccc(Cl)c2F)no1. The summed E-state index contributed by atoms with van der Waals surface area (Å²) in [5, 5.41) is 3.44. The lowest BCUT2D eigenvalue weighted by Crippen LogP contribution is -1.95. The number of aromatic nitrogens is 2. The van der Waals surface area contributed by atoms with Gasteiger partial charge in [-0.2, -0.15) is 4.98 Å². The van der Waals surface area contributed by atoms with E-state index >= 15 is 0 Å². The summed E-state index contributed by atoms with van der Waals surface area (Å²) in [6, 6.07) is 4.79. The molecule has 0 aliphatic heterocycles. The van der Waals surface area contributed by atoms with Crippen molar-refractivity contribution < 1.29 is 8.91 Å². The zero-order valence-electron chi connectivity index (χ0n) is 8.95. The van der Waals surface area contributed by atoms with Crippen molar-refractivity contribution in [3.8, 4) is 0 Å². The highest BCUT2D eigenvalue weighted by atomic mass is 35.5. The molecule has 0 amide bonds. The predicted molar refractivity (Wildman–Crippen MR) is 62.8 cm³/mol. The van der Waals surface area contributed by atoms with Crippen LogP contribution in [-0.4, -0.2) is 10.1 Å². The summed E-state index contributed by atoms with van der Waals surface area (Å²) >= 11 is 11.5. The molecule has 1 atom stereocenters. The van der Waals surface area contributed by atoms with Crippen molar-refractivity contribution in [3.63, 3.8) is 0 Å². The minimum atomic E-state index is -0.459. The monoisotopic (exact) mass is 274 g/mol. The van der Waals surface area contributed by atoms with Gasteiger partial charge in [-0.05, 0) is 18.6 Å². The van der Waals surface area contributed by atoms with E-state index in [1.54, 1.807) is 19.1 Å². The number of benzene rings is 1. The van der Waals surface area contributed by atoms with Crippen LogP contribution in [0.15, 0.2) is 22.7 Å². The number of alkyl halides is 1. The average Bonchev–Trinajstić information content (AvgIpc) is 2.73. The third-order valence-corrected chi connectivity index (χ3v) is 2.68. The Bertz CT molecular complexity index is 528. The van der Waals surface area contributed by atoms with Gasteiger partial charge in [0.2, 0.25) is 5.89 Å². The van der Waals surface area contributed by atoms with Crippen LogP contribution in [-0.2, 0) is 6.42 Å². The summed E-state index contributed by atoms with van der Waals surface area (Å²) in [6.45, 7) is 1.72. The van der Waals surface area contributed by atoms with E-state index in [2.05, 4.69) is 10.1 Å². The molecule has 1 aromatic heterocycles. The fourth-order valence-electron chi connectivity index (χ4n) is 1.36. The Labute approximate surface area is 108 Å². The maximum Gasteiger partial charge on any atom is 0.244 e. The van der Waals surface area contributed by atoms with Crippen LogP contribution >= 0.6 is 23.2 Å². The van der Waals surface area contributed by atoms with Gasteiger partial charge in [-0.25, -0.2) is 4.39 Å². The fraction of sp³-hybridized carbons (Fsp3) is 0.273. The Morgan fingerprint density at radius 2 is 2.24 bits per heavy atom. The quantitative estimate of drug-likeness (QED) is 0.801. The molecule has 1 unspecified atom stereocenters. The molecular weight excluding hydrogens is 266 g/mol. The largest absolute Gasteiger partial charge is 0.338 e. The first-order chi connectivity index (χ1) is 8.08. The molecule has 0 bridgehead atoms. The maximum absolute atomic E-state index is 13.6. The van der Waals surface area contributed by atoms with Gasteiger partial charge in [-0.3, -0.25) is 0 Å². The highest BCUT2D eigenvalue weighted by Crippen LogP contribution is 2.21. The Balaban J connectivity index is 2.22. The molecule has 0 saturated heterocycles. The Kier molecular flexibility index (Phi) is 3.64. The van der Waals surface area contributed by atoms with Crippen molar-refractivity contribution in [2.45, 2.75) is 18.7 Å². The number of halogens is 3. The minimum Gasteiger partial charge on any atom is -0.338 e. The predicted octanol–water partition coefficient (Wildman–Crippen LogP) is 3.75. The average molecular weight is 275 g/mol.